The summed E-state index contributed by atoms with van der Waals surface area (Å²) < 4.78 is 24.5. The van der Waals surface area contributed by atoms with E-state index in [0.717, 1.165) is 4.88 Å². The summed E-state index contributed by atoms with van der Waals surface area (Å²) in [5, 5.41) is 1.46. The predicted molar refractivity (Wildman–Crippen MR) is 72.3 cm³/mol. The maximum atomic E-state index is 12.2. The number of carbonyl (C=O) groups is 1. The SMILES string of the molecule is CCC(=O)N1CCC(c2cccs2)S(=O)(=O)CC1. The van der Waals surface area contributed by atoms with Crippen LogP contribution in [0.15, 0.2) is 17.5 Å². The van der Waals surface area contributed by atoms with E-state index in [1.165, 1.54) is 11.3 Å². The number of amides is 1. The van der Waals surface area contributed by atoms with Crippen molar-refractivity contribution >= 4 is 27.1 Å². The van der Waals surface area contributed by atoms with Crippen LogP contribution < -0.4 is 0 Å². The first-order valence-electron chi connectivity index (χ1n) is 6.07. The summed E-state index contributed by atoms with van der Waals surface area (Å²) in [7, 11) is -3.14. The molecule has 1 aromatic rings. The standard InChI is InChI=1S/C12H17NO3S2/c1-2-12(14)13-6-5-11(10-4-3-8-17-10)18(15,16)9-7-13/h3-4,8,11H,2,5-7,9H2,1H3. The van der Waals surface area contributed by atoms with Gasteiger partial charge in [0.25, 0.3) is 0 Å². The van der Waals surface area contributed by atoms with Gasteiger partial charge in [0, 0.05) is 24.4 Å². The van der Waals surface area contributed by atoms with Crippen LogP contribution in [0.3, 0.4) is 0 Å². The number of sulfone groups is 1. The van der Waals surface area contributed by atoms with Crippen LogP contribution in [0.1, 0.15) is 29.9 Å². The highest BCUT2D eigenvalue weighted by Crippen LogP contribution is 2.32. The minimum atomic E-state index is -3.14. The van der Waals surface area contributed by atoms with Crippen LogP contribution in [0.25, 0.3) is 0 Å². The Hall–Kier alpha value is -0.880. The van der Waals surface area contributed by atoms with E-state index in [9.17, 15) is 13.2 Å². The molecule has 1 amide bonds. The Labute approximate surface area is 112 Å². The maximum absolute atomic E-state index is 12.2. The van der Waals surface area contributed by atoms with Crippen molar-refractivity contribution in [2.24, 2.45) is 0 Å². The molecular weight excluding hydrogens is 270 g/mol. The molecule has 1 aliphatic heterocycles. The molecule has 6 heteroatoms. The van der Waals surface area contributed by atoms with Gasteiger partial charge < -0.3 is 4.90 Å². The molecule has 0 N–H and O–H groups in total. The van der Waals surface area contributed by atoms with Crippen LogP contribution in [0, 0.1) is 0 Å². The zero-order valence-electron chi connectivity index (χ0n) is 10.3. The fraction of sp³-hybridized carbons (Fsp3) is 0.583. The molecule has 1 atom stereocenters. The first-order chi connectivity index (χ1) is 8.54. The molecule has 1 saturated heterocycles. The predicted octanol–water partition coefficient (Wildman–Crippen LogP) is 1.85. The minimum Gasteiger partial charge on any atom is -0.342 e. The van der Waals surface area contributed by atoms with Crippen molar-refractivity contribution in [3.8, 4) is 0 Å². The van der Waals surface area contributed by atoms with Gasteiger partial charge in [-0.05, 0) is 17.9 Å². The molecule has 0 radical (unpaired) electrons. The summed E-state index contributed by atoms with van der Waals surface area (Å²) in [5.41, 5.74) is 0. The van der Waals surface area contributed by atoms with Crippen molar-refractivity contribution in [2.75, 3.05) is 18.8 Å². The molecular formula is C12H17NO3S2. The lowest BCUT2D eigenvalue weighted by molar-refractivity contribution is -0.130. The Morgan fingerprint density at radius 2 is 2.28 bits per heavy atom. The van der Waals surface area contributed by atoms with Gasteiger partial charge in [-0.2, -0.15) is 0 Å². The lowest BCUT2D eigenvalue weighted by Crippen LogP contribution is -2.32. The Bertz CT molecular complexity index is 507. The smallest absolute Gasteiger partial charge is 0.222 e. The number of hydrogen-bond donors (Lipinski definition) is 0. The molecule has 100 valence electrons. The monoisotopic (exact) mass is 287 g/mol. The number of thiophene rings is 1. The second kappa shape index (κ2) is 5.40. The third-order valence-corrected chi connectivity index (χ3v) is 6.50. The van der Waals surface area contributed by atoms with Gasteiger partial charge in [0.1, 0.15) is 0 Å². The molecule has 18 heavy (non-hydrogen) atoms. The van der Waals surface area contributed by atoms with Gasteiger partial charge in [0.15, 0.2) is 9.84 Å². The summed E-state index contributed by atoms with van der Waals surface area (Å²) in [6.07, 6.45) is 0.943. The van der Waals surface area contributed by atoms with Gasteiger partial charge >= 0.3 is 0 Å². The second-order valence-electron chi connectivity index (χ2n) is 4.39. The van der Waals surface area contributed by atoms with E-state index < -0.39 is 15.1 Å². The van der Waals surface area contributed by atoms with Crippen molar-refractivity contribution in [1.29, 1.82) is 0 Å². The van der Waals surface area contributed by atoms with E-state index >= 15 is 0 Å². The second-order valence-corrected chi connectivity index (χ2v) is 7.68. The molecule has 0 aromatic carbocycles. The molecule has 1 aliphatic rings. The van der Waals surface area contributed by atoms with E-state index in [2.05, 4.69) is 0 Å². The highest BCUT2D eigenvalue weighted by atomic mass is 32.2. The van der Waals surface area contributed by atoms with E-state index in [-0.39, 0.29) is 11.7 Å². The van der Waals surface area contributed by atoms with Gasteiger partial charge in [-0.3, -0.25) is 4.79 Å². The Kier molecular flexibility index (Phi) is 4.07. The molecule has 0 saturated carbocycles. The summed E-state index contributed by atoms with van der Waals surface area (Å²) in [6, 6.07) is 3.74. The number of carbonyl (C=O) groups excluding carboxylic acids is 1. The van der Waals surface area contributed by atoms with Crippen LogP contribution in [-0.4, -0.2) is 38.1 Å². The largest absolute Gasteiger partial charge is 0.342 e. The average Bonchev–Trinajstić information content (AvgIpc) is 2.80. The highest BCUT2D eigenvalue weighted by Gasteiger charge is 2.32. The summed E-state index contributed by atoms with van der Waals surface area (Å²) in [6.45, 7) is 2.67. The fourth-order valence-corrected chi connectivity index (χ4v) is 5.21. The Morgan fingerprint density at radius 3 is 2.89 bits per heavy atom. The van der Waals surface area contributed by atoms with Gasteiger partial charge in [0.2, 0.25) is 5.91 Å². The normalized spacial score (nSPS) is 23.6. The Balaban J connectivity index is 2.21. The molecule has 0 bridgehead atoms. The maximum Gasteiger partial charge on any atom is 0.222 e. The highest BCUT2D eigenvalue weighted by molar-refractivity contribution is 7.91. The molecule has 2 rings (SSSR count). The average molecular weight is 287 g/mol. The van der Waals surface area contributed by atoms with Gasteiger partial charge in [-0.15, -0.1) is 11.3 Å². The quantitative estimate of drug-likeness (QED) is 0.834. The molecule has 1 aromatic heterocycles. The zero-order valence-corrected chi connectivity index (χ0v) is 12.0. The van der Waals surface area contributed by atoms with Gasteiger partial charge in [0.05, 0.1) is 11.0 Å². The molecule has 1 fully saturated rings. The van der Waals surface area contributed by atoms with E-state index in [1.54, 1.807) is 11.8 Å². The van der Waals surface area contributed by atoms with Crippen molar-refractivity contribution in [1.82, 2.24) is 4.90 Å². The van der Waals surface area contributed by atoms with Crippen molar-refractivity contribution in [3.63, 3.8) is 0 Å². The van der Waals surface area contributed by atoms with Crippen LogP contribution >= 0.6 is 11.3 Å². The van der Waals surface area contributed by atoms with E-state index in [1.807, 2.05) is 17.5 Å². The van der Waals surface area contributed by atoms with Crippen molar-refractivity contribution < 1.29 is 13.2 Å². The molecule has 1 unspecified atom stereocenters. The number of nitrogens with zero attached hydrogens (tertiary/aromatic N) is 1. The molecule has 0 aliphatic carbocycles. The lowest BCUT2D eigenvalue weighted by Gasteiger charge is -2.18. The lowest BCUT2D eigenvalue weighted by atomic mass is 10.2. The van der Waals surface area contributed by atoms with Crippen molar-refractivity contribution in [3.05, 3.63) is 22.4 Å². The molecule has 2 heterocycles. The summed E-state index contributed by atoms with van der Waals surface area (Å²) in [4.78, 5) is 14.2. The van der Waals surface area contributed by atoms with Gasteiger partial charge in [-0.25, -0.2) is 8.42 Å². The molecule has 4 nitrogen and oxygen atoms in total. The van der Waals surface area contributed by atoms with Crippen LogP contribution in [0.4, 0.5) is 0 Å². The van der Waals surface area contributed by atoms with Crippen LogP contribution in [0.2, 0.25) is 0 Å². The Morgan fingerprint density at radius 1 is 1.50 bits per heavy atom. The summed E-state index contributed by atoms with van der Waals surface area (Å²) >= 11 is 1.47. The van der Waals surface area contributed by atoms with E-state index in [4.69, 9.17) is 0 Å². The summed E-state index contributed by atoms with van der Waals surface area (Å²) in [5.74, 6) is 0.110. The zero-order chi connectivity index (χ0) is 13.2. The van der Waals surface area contributed by atoms with Crippen LogP contribution in [0.5, 0.6) is 0 Å². The topological polar surface area (TPSA) is 54.5 Å². The minimum absolute atomic E-state index is 0.0389. The molecule has 0 spiro atoms. The number of rotatable bonds is 2. The first-order valence-corrected chi connectivity index (χ1v) is 8.67. The third-order valence-electron chi connectivity index (χ3n) is 3.26. The van der Waals surface area contributed by atoms with Crippen molar-refractivity contribution in [2.45, 2.75) is 25.0 Å². The van der Waals surface area contributed by atoms with Crippen LogP contribution in [-0.2, 0) is 14.6 Å². The van der Waals surface area contributed by atoms with Gasteiger partial charge in [-0.1, -0.05) is 13.0 Å². The number of hydrogen-bond acceptors (Lipinski definition) is 4. The van der Waals surface area contributed by atoms with E-state index in [0.29, 0.717) is 25.9 Å². The third kappa shape index (κ3) is 2.75. The fourth-order valence-electron chi connectivity index (χ4n) is 2.21. The first kappa shape index (κ1) is 13.5.